The molecule has 1 atom stereocenters. The topological polar surface area (TPSA) is 24.1 Å². The van der Waals surface area contributed by atoms with Gasteiger partial charge in [-0.1, -0.05) is 25.7 Å². The molecule has 0 aromatic rings. The van der Waals surface area contributed by atoms with Crippen LogP contribution in [0.25, 0.3) is 0 Å². The molecule has 1 saturated carbocycles. The zero-order valence-corrected chi connectivity index (χ0v) is 12.2. The smallest absolute Gasteiger partial charge is 0.166 e. The fourth-order valence-electron chi connectivity index (χ4n) is 2.66. The Hall–Kier alpha value is 0.0400. The van der Waals surface area contributed by atoms with Crippen molar-refractivity contribution in [2.24, 2.45) is 0 Å². The normalized spacial score (nSPS) is 26.5. The monoisotopic (exact) mass is 272 g/mol. The van der Waals surface area contributed by atoms with Gasteiger partial charge in [-0.25, -0.2) is 0 Å². The summed E-state index contributed by atoms with van der Waals surface area (Å²) in [5.41, 5.74) is 0. The minimum atomic E-state index is 0.628. The summed E-state index contributed by atoms with van der Waals surface area (Å²) in [6.45, 7) is 1.04. The maximum absolute atomic E-state index is 5.37. The standard InChI is InChI=1S/C13H24N2S2/c16-13(15-11-6-2-1-3-7-11)14-10-12-8-4-5-9-17-12/h11-12H,1-10H2,(H2,14,15,16). The number of thiocarbonyl (C=S) groups is 1. The van der Waals surface area contributed by atoms with E-state index in [2.05, 4.69) is 22.4 Å². The largest absolute Gasteiger partial charge is 0.362 e. The van der Waals surface area contributed by atoms with E-state index in [1.165, 1.54) is 57.1 Å². The first-order valence-corrected chi connectivity index (χ1v) is 8.46. The molecule has 0 aromatic heterocycles. The second kappa shape index (κ2) is 7.47. The van der Waals surface area contributed by atoms with Gasteiger partial charge >= 0.3 is 0 Å². The van der Waals surface area contributed by atoms with Crippen LogP contribution in [0.5, 0.6) is 0 Å². The quantitative estimate of drug-likeness (QED) is 0.771. The van der Waals surface area contributed by atoms with E-state index >= 15 is 0 Å². The molecule has 2 fully saturated rings. The van der Waals surface area contributed by atoms with Crippen LogP contribution in [0.15, 0.2) is 0 Å². The lowest BCUT2D eigenvalue weighted by atomic mass is 9.96. The summed E-state index contributed by atoms with van der Waals surface area (Å²) >= 11 is 7.47. The molecule has 98 valence electrons. The van der Waals surface area contributed by atoms with Crippen molar-refractivity contribution >= 4 is 29.1 Å². The van der Waals surface area contributed by atoms with Crippen molar-refractivity contribution in [3.05, 3.63) is 0 Å². The Morgan fingerprint density at radius 2 is 1.82 bits per heavy atom. The highest BCUT2D eigenvalue weighted by Gasteiger charge is 2.16. The average Bonchev–Trinajstić information content (AvgIpc) is 2.39. The summed E-state index contributed by atoms with van der Waals surface area (Å²) < 4.78 is 0. The fraction of sp³-hybridized carbons (Fsp3) is 0.923. The van der Waals surface area contributed by atoms with Crippen LogP contribution in [0.1, 0.15) is 51.4 Å². The Bertz CT molecular complexity index is 234. The summed E-state index contributed by atoms with van der Waals surface area (Å²) in [5, 5.41) is 8.52. The number of hydrogen-bond acceptors (Lipinski definition) is 2. The van der Waals surface area contributed by atoms with Crippen molar-refractivity contribution in [2.45, 2.75) is 62.7 Å². The molecule has 1 aliphatic heterocycles. The maximum atomic E-state index is 5.37. The van der Waals surface area contributed by atoms with Crippen molar-refractivity contribution in [1.82, 2.24) is 10.6 Å². The third-order valence-corrected chi connectivity index (χ3v) is 5.37. The summed E-state index contributed by atoms with van der Waals surface area (Å²) in [6, 6.07) is 0.628. The van der Waals surface area contributed by atoms with E-state index in [0.29, 0.717) is 6.04 Å². The van der Waals surface area contributed by atoms with Crippen molar-refractivity contribution in [2.75, 3.05) is 12.3 Å². The van der Waals surface area contributed by atoms with E-state index in [-0.39, 0.29) is 0 Å². The molecule has 1 unspecified atom stereocenters. The first-order valence-electron chi connectivity index (χ1n) is 7.00. The van der Waals surface area contributed by atoms with Crippen molar-refractivity contribution in [3.63, 3.8) is 0 Å². The molecular formula is C13H24N2S2. The summed E-state index contributed by atoms with van der Waals surface area (Å²) in [6.07, 6.45) is 10.8. The van der Waals surface area contributed by atoms with Crippen molar-refractivity contribution in [1.29, 1.82) is 0 Å². The van der Waals surface area contributed by atoms with E-state index in [4.69, 9.17) is 12.2 Å². The lowest BCUT2D eigenvalue weighted by Crippen LogP contribution is -2.44. The second-order valence-electron chi connectivity index (χ2n) is 5.18. The van der Waals surface area contributed by atoms with Gasteiger partial charge in [0, 0.05) is 17.8 Å². The highest BCUT2D eigenvalue weighted by molar-refractivity contribution is 7.99. The van der Waals surface area contributed by atoms with E-state index in [1.807, 2.05) is 0 Å². The third kappa shape index (κ3) is 5.04. The molecule has 4 heteroatoms. The van der Waals surface area contributed by atoms with E-state index in [0.717, 1.165) is 16.9 Å². The maximum Gasteiger partial charge on any atom is 0.166 e. The van der Waals surface area contributed by atoms with E-state index in [1.54, 1.807) is 0 Å². The SMILES string of the molecule is S=C(NCC1CCCCS1)NC1CCCCC1. The van der Waals surface area contributed by atoms with Gasteiger partial charge in [0.05, 0.1) is 0 Å². The number of hydrogen-bond donors (Lipinski definition) is 2. The van der Waals surface area contributed by atoms with Gasteiger partial charge < -0.3 is 10.6 Å². The first kappa shape index (κ1) is 13.5. The van der Waals surface area contributed by atoms with Crippen LogP contribution < -0.4 is 10.6 Å². The molecule has 1 aliphatic carbocycles. The van der Waals surface area contributed by atoms with Gasteiger partial charge in [0.15, 0.2) is 5.11 Å². The van der Waals surface area contributed by atoms with Crippen LogP contribution in [-0.2, 0) is 0 Å². The zero-order chi connectivity index (χ0) is 11.9. The van der Waals surface area contributed by atoms with Gasteiger partial charge in [-0.15, -0.1) is 0 Å². The fourth-order valence-corrected chi connectivity index (χ4v) is 4.15. The van der Waals surface area contributed by atoms with Crippen LogP contribution in [-0.4, -0.2) is 28.7 Å². The van der Waals surface area contributed by atoms with Crippen molar-refractivity contribution in [3.8, 4) is 0 Å². The minimum Gasteiger partial charge on any atom is -0.362 e. The van der Waals surface area contributed by atoms with Gasteiger partial charge in [-0.3, -0.25) is 0 Å². The number of rotatable bonds is 3. The molecule has 0 bridgehead atoms. The molecule has 0 amide bonds. The van der Waals surface area contributed by atoms with Crippen LogP contribution in [0.3, 0.4) is 0 Å². The first-order chi connectivity index (χ1) is 8.34. The molecule has 2 nitrogen and oxygen atoms in total. The highest BCUT2D eigenvalue weighted by atomic mass is 32.2. The molecule has 2 aliphatic rings. The van der Waals surface area contributed by atoms with E-state index < -0.39 is 0 Å². The van der Waals surface area contributed by atoms with Crippen LogP contribution >= 0.6 is 24.0 Å². The van der Waals surface area contributed by atoms with Crippen LogP contribution in [0.2, 0.25) is 0 Å². The van der Waals surface area contributed by atoms with Gasteiger partial charge in [0.2, 0.25) is 0 Å². The molecule has 0 spiro atoms. The molecule has 1 heterocycles. The zero-order valence-electron chi connectivity index (χ0n) is 10.5. The summed E-state index contributed by atoms with van der Waals surface area (Å²) in [5.74, 6) is 1.33. The van der Waals surface area contributed by atoms with Crippen LogP contribution in [0.4, 0.5) is 0 Å². The second-order valence-corrected chi connectivity index (χ2v) is 6.99. The number of nitrogens with one attached hydrogen (secondary N) is 2. The van der Waals surface area contributed by atoms with E-state index in [9.17, 15) is 0 Å². The molecule has 1 saturated heterocycles. The Balaban J connectivity index is 1.59. The molecule has 0 radical (unpaired) electrons. The predicted octanol–water partition coefficient (Wildman–Crippen LogP) is 3.07. The average molecular weight is 272 g/mol. The Morgan fingerprint density at radius 3 is 2.53 bits per heavy atom. The lowest BCUT2D eigenvalue weighted by Gasteiger charge is -2.26. The van der Waals surface area contributed by atoms with Crippen molar-refractivity contribution < 1.29 is 0 Å². The predicted molar refractivity (Wildman–Crippen MR) is 80.7 cm³/mol. The summed E-state index contributed by atoms with van der Waals surface area (Å²) in [4.78, 5) is 0. The number of thioether (sulfide) groups is 1. The van der Waals surface area contributed by atoms with Gasteiger partial charge in [-0.05, 0) is 43.7 Å². The molecule has 0 aromatic carbocycles. The Morgan fingerprint density at radius 1 is 1.06 bits per heavy atom. The molecular weight excluding hydrogens is 248 g/mol. The Labute approximate surface area is 115 Å². The molecule has 2 rings (SSSR count). The Kier molecular flexibility index (Phi) is 5.92. The van der Waals surface area contributed by atoms with Gasteiger partial charge in [0.1, 0.15) is 0 Å². The minimum absolute atomic E-state index is 0.628. The molecule has 2 N–H and O–H groups in total. The van der Waals surface area contributed by atoms with Gasteiger partial charge in [0.25, 0.3) is 0 Å². The lowest BCUT2D eigenvalue weighted by molar-refractivity contribution is 0.412. The molecule has 17 heavy (non-hydrogen) atoms. The summed E-state index contributed by atoms with van der Waals surface area (Å²) in [7, 11) is 0. The highest BCUT2D eigenvalue weighted by Crippen LogP contribution is 2.24. The third-order valence-electron chi connectivity index (χ3n) is 3.70. The van der Waals surface area contributed by atoms with Gasteiger partial charge in [-0.2, -0.15) is 11.8 Å². The van der Waals surface area contributed by atoms with Crippen LogP contribution in [0, 0.1) is 0 Å².